The molecule has 0 unspecified atom stereocenters. The molecule has 2 aromatic carbocycles. The van der Waals surface area contributed by atoms with Gasteiger partial charge < -0.3 is 20.1 Å². The molecule has 0 bridgehead atoms. The number of halogens is 1. The fraction of sp³-hybridized carbons (Fsp3) is 0.235. The monoisotopic (exact) mass is 318 g/mol. The Hall–Kier alpha value is -2.76. The van der Waals surface area contributed by atoms with E-state index in [-0.39, 0.29) is 5.91 Å². The van der Waals surface area contributed by atoms with Crippen molar-refractivity contribution in [3.05, 3.63) is 48.3 Å². The van der Waals surface area contributed by atoms with E-state index < -0.39 is 11.9 Å². The smallest absolute Gasteiger partial charge is 0.246 e. The van der Waals surface area contributed by atoms with Crippen LogP contribution in [0, 0.1) is 5.82 Å². The molecule has 0 aliphatic rings. The molecule has 0 aliphatic heterocycles. The van der Waals surface area contributed by atoms with Crippen LogP contribution in [0.2, 0.25) is 0 Å². The molecule has 122 valence electrons. The fourth-order valence-electron chi connectivity index (χ4n) is 2.02. The topological polar surface area (TPSA) is 59.6 Å². The summed E-state index contributed by atoms with van der Waals surface area (Å²) in [7, 11) is 3.11. The number of nitrogens with one attached hydrogen (secondary N) is 2. The zero-order chi connectivity index (χ0) is 16.8. The Labute approximate surface area is 134 Å². The molecule has 5 nitrogen and oxygen atoms in total. The number of anilines is 2. The van der Waals surface area contributed by atoms with E-state index in [9.17, 15) is 9.18 Å². The Bertz CT molecular complexity index is 669. The molecule has 6 heteroatoms. The van der Waals surface area contributed by atoms with Gasteiger partial charge in [-0.2, -0.15) is 0 Å². The minimum Gasteiger partial charge on any atom is -0.497 e. The third-order valence-electron chi connectivity index (χ3n) is 3.22. The van der Waals surface area contributed by atoms with E-state index in [0.29, 0.717) is 22.9 Å². The SMILES string of the molecule is COc1cc(N[C@H](C)C(=O)Nc2cccc(F)c2)cc(OC)c1. The lowest BCUT2D eigenvalue weighted by Crippen LogP contribution is -2.31. The van der Waals surface area contributed by atoms with Gasteiger partial charge in [0.1, 0.15) is 23.4 Å². The van der Waals surface area contributed by atoms with Gasteiger partial charge in [0.05, 0.1) is 14.2 Å². The summed E-state index contributed by atoms with van der Waals surface area (Å²) in [5, 5.41) is 5.72. The van der Waals surface area contributed by atoms with Gasteiger partial charge in [0, 0.05) is 29.6 Å². The molecule has 2 rings (SSSR count). The predicted molar refractivity (Wildman–Crippen MR) is 87.7 cm³/mol. The second-order valence-electron chi connectivity index (χ2n) is 4.97. The molecule has 1 amide bonds. The van der Waals surface area contributed by atoms with Crippen LogP contribution in [0.5, 0.6) is 11.5 Å². The van der Waals surface area contributed by atoms with Crippen molar-refractivity contribution in [2.24, 2.45) is 0 Å². The van der Waals surface area contributed by atoms with Gasteiger partial charge in [-0.1, -0.05) is 6.07 Å². The maximum Gasteiger partial charge on any atom is 0.246 e. The van der Waals surface area contributed by atoms with Gasteiger partial charge in [-0.15, -0.1) is 0 Å². The number of carbonyl (C=O) groups excluding carboxylic acids is 1. The van der Waals surface area contributed by atoms with Crippen LogP contribution in [-0.4, -0.2) is 26.2 Å². The first-order chi connectivity index (χ1) is 11.0. The lowest BCUT2D eigenvalue weighted by molar-refractivity contribution is -0.116. The molecule has 0 saturated carbocycles. The van der Waals surface area contributed by atoms with Crippen molar-refractivity contribution in [2.75, 3.05) is 24.9 Å². The zero-order valence-electron chi connectivity index (χ0n) is 13.2. The molecule has 0 aliphatic carbocycles. The molecule has 0 spiro atoms. The fourth-order valence-corrected chi connectivity index (χ4v) is 2.02. The molecular formula is C17H19FN2O3. The van der Waals surface area contributed by atoms with Crippen LogP contribution in [0.15, 0.2) is 42.5 Å². The van der Waals surface area contributed by atoms with Gasteiger partial charge in [0.25, 0.3) is 0 Å². The number of methoxy groups -OCH3 is 2. The summed E-state index contributed by atoms with van der Waals surface area (Å²) < 4.78 is 23.5. The normalized spacial score (nSPS) is 11.5. The van der Waals surface area contributed by atoms with Crippen molar-refractivity contribution in [2.45, 2.75) is 13.0 Å². The van der Waals surface area contributed by atoms with Crippen molar-refractivity contribution in [1.29, 1.82) is 0 Å². The van der Waals surface area contributed by atoms with E-state index in [1.807, 2.05) is 0 Å². The van der Waals surface area contributed by atoms with E-state index in [2.05, 4.69) is 10.6 Å². The number of hydrogen-bond donors (Lipinski definition) is 2. The lowest BCUT2D eigenvalue weighted by Gasteiger charge is -2.16. The molecule has 23 heavy (non-hydrogen) atoms. The number of hydrogen-bond acceptors (Lipinski definition) is 4. The lowest BCUT2D eigenvalue weighted by atomic mass is 10.2. The van der Waals surface area contributed by atoms with E-state index in [1.165, 1.54) is 18.2 Å². The third-order valence-corrected chi connectivity index (χ3v) is 3.22. The Kier molecular flexibility index (Phi) is 5.41. The summed E-state index contributed by atoms with van der Waals surface area (Å²) in [6, 6.07) is 10.5. The maximum atomic E-state index is 13.1. The number of ether oxygens (including phenoxy) is 2. The van der Waals surface area contributed by atoms with Gasteiger partial charge >= 0.3 is 0 Å². The average Bonchev–Trinajstić information content (AvgIpc) is 2.54. The Balaban J connectivity index is 2.06. The van der Waals surface area contributed by atoms with Crippen molar-refractivity contribution in [1.82, 2.24) is 0 Å². The van der Waals surface area contributed by atoms with Crippen LogP contribution in [0.1, 0.15) is 6.92 Å². The summed E-state index contributed by atoms with van der Waals surface area (Å²) in [6.07, 6.45) is 0. The molecule has 0 radical (unpaired) electrons. The van der Waals surface area contributed by atoms with Crippen LogP contribution in [0.3, 0.4) is 0 Å². The summed E-state index contributed by atoms with van der Waals surface area (Å²) in [5.74, 6) is 0.549. The first-order valence-electron chi connectivity index (χ1n) is 7.08. The first kappa shape index (κ1) is 16.6. The van der Waals surface area contributed by atoms with Crippen LogP contribution in [0.25, 0.3) is 0 Å². The van der Waals surface area contributed by atoms with Crippen molar-refractivity contribution in [3.63, 3.8) is 0 Å². The number of amides is 1. The number of rotatable bonds is 6. The third kappa shape index (κ3) is 4.60. The second kappa shape index (κ2) is 7.49. The van der Waals surface area contributed by atoms with Gasteiger partial charge in [0.15, 0.2) is 0 Å². The summed E-state index contributed by atoms with van der Waals surface area (Å²) in [6.45, 7) is 1.71. The molecule has 0 fully saturated rings. The zero-order valence-corrected chi connectivity index (χ0v) is 13.2. The van der Waals surface area contributed by atoms with Crippen molar-refractivity contribution < 1.29 is 18.7 Å². The molecule has 2 N–H and O–H groups in total. The molecule has 1 atom stereocenters. The highest BCUT2D eigenvalue weighted by Crippen LogP contribution is 2.26. The highest BCUT2D eigenvalue weighted by molar-refractivity contribution is 5.96. The average molecular weight is 318 g/mol. The van der Waals surface area contributed by atoms with E-state index in [1.54, 1.807) is 45.4 Å². The number of benzene rings is 2. The highest BCUT2D eigenvalue weighted by Gasteiger charge is 2.14. The van der Waals surface area contributed by atoms with E-state index in [4.69, 9.17) is 9.47 Å². The summed E-state index contributed by atoms with van der Waals surface area (Å²) in [4.78, 5) is 12.2. The van der Waals surface area contributed by atoms with Crippen LogP contribution >= 0.6 is 0 Å². The second-order valence-corrected chi connectivity index (χ2v) is 4.97. The molecule has 0 aromatic heterocycles. The maximum absolute atomic E-state index is 13.1. The number of carbonyl (C=O) groups is 1. The quantitative estimate of drug-likeness (QED) is 0.858. The molecule has 0 saturated heterocycles. The van der Waals surface area contributed by atoms with Crippen LogP contribution in [-0.2, 0) is 4.79 Å². The standard InChI is InChI=1S/C17H19FN2O3/c1-11(17(21)20-13-6-4-5-12(18)7-13)19-14-8-15(22-2)10-16(9-14)23-3/h4-11,19H,1-3H3,(H,20,21)/t11-/m1/s1. The van der Waals surface area contributed by atoms with Gasteiger partial charge in [-0.05, 0) is 25.1 Å². The Morgan fingerprint density at radius 2 is 1.70 bits per heavy atom. The molecule has 0 heterocycles. The summed E-state index contributed by atoms with van der Waals surface area (Å²) >= 11 is 0. The minimum atomic E-state index is -0.532. The largest absolute Gasteiger partial charge is 0.497 e. The van der Waals surface area contributed by atoms with Crippen LogP contribution in [0.4, 0.5) is 15.8 Å². The molecule has 2 aromatic rings. The van der Waals surface area contributed by atoms with E-state index in [0.717, 1.165) is 0 Å². The Morgan fingerprint density at radius 1 is 1.04 bits per heavy atom. The van der Waals surface area contributed by atoms with Gasteiger partial charge in [0.2, 0.25) is 5.91 Å². The minimum absolute atomic E-state index is 0.280. The van der Waals surface area contributed by atoms with Crippen LogP contribution < -0.4 is 20.1 Å². The van der Waals surface area contributed by atoms with Crippen molar-refractivity contribution in [3.8, 4) is 11.5 Å². The van der Waals surface area contributed by atoms with E-state index >= 15 is 0 Å². The van der Waals surface area contributed by atoms with Gasteiger partial charge in [-0.25, -0.2) is 4.39 Å². The summed E-state index contributed by atoms with van der Waals surface area (Å²) in [5.41, 5.74) is 1.09. The molecular weight excluding hydrogens is 299 g/mol. The van der Waals surface area contributed by atoms with Crippen molar-refractivity contribution >= 4 is 17.3 Å². The predicted octanol–water partition coefficient (Wildman–Crippen LogP) is 3.28. The Morgan fingerprint density at radius 3 is 2.26 bits per heavy atom. The van der Waals surface area contributed by atoms with Gasteiger partial charge in [-0.3, -0.25) is 4.79 Å². The highest BCUT2D eigenvalue weighted by atomic mass is 19.1. The first-order valence-corrected chi connectivity index (χ1v) is 7.08.